The van der Waals surface area contributed by atoms with Crippen LogP contribution in [0.3, 0.4) is 0 Å². The maximum Gasteiger partial charge on any atom is 0.0107 e. The molecule has 18 heavy (non-hydrogen) atoms. The minimum atomic E-state index is 0.716. The molecule has 0 spiro atoms. The molecule has 0 saturated carbocycles. The van der Waals surface area contributed by atoms with E-state index in [1.165, 1.54) is 65.1 Å². The fourth-order valence-electron chi connectivity index (χ4n) is 3.30. The van der Waals surface area contributed by atoms with Crippen LogP contribution in [0.1, 0.15) is 19.3 Å². The van der Waals surface area contributed by atoms with Gasteiger partial charge < -0.3 is 20.4 Å². The normalized spacial score (nSPS) is 26.3. The molecular weight excluding hydrogens is 224 g/mol. The molecule has 2 fully saturated rings. The number of nitrogens with one attached hydrogen (secondary N) is 2. The lowest BCUT2D eigenvalue weighted by Gasteiger charge is -2.36. The quantitative estimate of drug-likeness (QED) is 0.734. The third-order valence-corrected chi connectivity index (χ3v) is 4.67. The van der Waals surface area contributed by atoms with Crippen LogP contribution in [0.15, 0.2) is 0 Å². The second-order valence-corrected chi connectivity index (χ2v) is 5.92. The molecule has 0 radical (unpaired) electrons. The molecule has 0 aromatic rings. The van der Waals surface area contributed by atoms with Gasteiger partial charge in [-0.3, -0.25) is 0 Å². The summed E-state index contributed by atoms with van der Waals surface area (Å²) < 4.78 is 0. The Bertz CT molecular complexity index is 220. The highest BCUT2D eigenvalue weighted by molar-refractivity contribution is 4.82. The average molecular weight is 254 g/mol. The van der Waals surface area contributed by atoms with Crippen molar-refractivity contribution in [3.63, 3.8) is 0 Å². The molecule has 2 N–H and O–H groups in total. The van der Waals surface area contributed by atoms with Gasteiger partial charge in [0.2, 0.25) is 0 Å². The van der Waals surface area contributed by atoms with Crippen LogP contribution in [0.5, 0.6) is 0 Å². The molecule has 0 bridgehead atoms. The molecule has 4 heteroatoms. The third-order valence-electron chi connectivity index (χ3n) is 4.67. The second-order valence-electron chi connectivity index (χ2n) is 5.92. The van der Waals surface area contributed by atoms with Crippen molar-refractivity contribution in [3.05, 3.63) is 0 Å². The summed E-state index contributed by atoms with van der Waals surface area (Å²) in [6.45, 7) is 8.59. The first-order chi connectivity index (χ1) is 8.79. The Morgan fingerprint density at radius 2 is 1.83 bits per heavy atom. The molecule has 0 aromatic carbocycles. The summed E-state index contributed by atoms with van der Waals surface area (Å²) in [7, 11) is 4.38. The highest BCUT2D eigenvalue weighted by Crippen LogP contribution is 2.21. The molecule has 106 valence electrons. The average Bonchev–Trinajstić information content (AvgIpc) is 2.42. The molecule has 1 unspecified atom stereocenters. The van der Waals surface area contributed by atoms with Crippen LogP contribution in [0.2, 0.25) is 0 Å². The molecule has 4 nitrogen and oxygen atoms in total. The van der Waals surface area contributed by atoms with E-state index in [-0.39, 0.29) is 0 Å². The zero-order chi connectivity index (χ0) is 12.8. The fourth-order valence-corrected chi connectivity index (χ4v) is 3.30. The van der Waals surface area contributed by atoms with Crippen LogP contribution in [0, 0.1) is 5.92 Å². The van der Waals surface area contributed by atoms with Crippen LogP contribution in [-0.2, 0) is 0 Å². The largest absolute Gasteiger partial charge is 0.317 e. The highest BCUT2D eigenvalue weighted by Gasteiger charge is 2.24. The van der Waals surface area contributed by atoms with E-state index in [0.29, 0.717) is 6.04 Å². The topological polar surface area (TPSA) is 30.5 Å². The van der Waals surface area contributed by atoms with E-state index in [0.717, 1.165) is 5.92 Å². The van der Waals surface area contributed by atoms with Gasteiger partial charge in [-0.25, -0.2) is 0 Å². The van der Waals surface area contributed by atoms with Gasteiger partial charge in [0.15, 0.2) is 0 Å². The fraction of sp³-hybridized carbons (Fsp3) is 1.00. The van der Waals surface area contributed by atoms with Gasteiger partial charge in [-0.2, -0.15) is 0 Å². The molecule has 2 aliphatic heterocycles. The summed E-state index contributed by atoms with van der Waals surface area (Å²) in [5.41, 5.74) is 0. The molecule has 0 aliphatic carbocycles. The predicted molar refractivity (Wildman–Crippen MR) is 77.0 cm³/mol. The van der Waals surface area contributed by atoms with Crippen molar-refractivity contribution in [1.82, 2.24) is 20.4 Å². The van der Waals surface area contributed by atoms with Crippen molar-refractivity contribution in [2.75, 3.05) is 59.9 Å². The number of likely N-dealkylation sites (tertiary alicyclic amines) is 1. The van der Waals surface area contributed by atoms with Gasteiger partial charge in [0.25, 0.3) is 0 Å². The van der Waals surface area contributed by atoms with Crippen LogP contribution in [0.4, 0.5) is 0 Å². The number of piperidine rings is 1. The summed E-state index contributed by atoms with van der Waals surface area (Å²) in [5.74, 6) is 0.883. The minimum Gasteiger partial charge on any atom is -0.317 e. The molecular formula is C14H30N4. The Morgan fingerprint density at radius 3 is 2.44 bits per heavy atom. The molecule has 0 amide bonds. The van der Waals surface area contributed by atoms with Crippen LogP contribution in [-0.4, -0.2) is 75.8 Å². The van der Waals surface area contributed by atoms with Crippen molar-refractivity contribution in [1.29, 1.82) is 0 Å². The van der Waals surface area contributed by atoms with E-state index in [4.69, 9.17) is 0 Å². The van der Waals surface area contributed by atoms with Crippen LogP contribution in [0.25, 0.3) is 0 Å². The standard InChI is InChI=1S/C14H30N4/c1-15-14(13-3-8-17(2)9-4-13)5-10-18-11-6-16-7-12-18/h13-16H,3-12H2,1-2H3. The lowest BCUT2D eigenvalue weighted by molar-refractivity contribution is 0.166. The SMILES string of the molecule is CNC(CCN1CCNCC1)C1CCN(C)CC1. The molecule has 2 heterocycles. The lowest BCUT2D eigenvalue weighted by atomic mass is 9.87. The Labute approximate surface area is 112 Å². The Hall–Kier alpha value is -0.160. The monoisotopic (exact) mass is 254 g/mol. The first-order valence-electron chi connectivity index (χ1n) is 7.58. The Morgan fingerprint density at radius 1 is 1.17 bits per heavy atom. The number of rotatable bonds is 5. The minimum absolute atomic E-state index is 0.716. The maximum atomic E-state index is 3.57. The highest BCUT2D eigenvalue weighted by atomic mass is 15.2. The number of hydrogen-bond acceptors (Lipinski definition) is 4. The van der Waals surface area contributed by atoms with Gasteiger partial charge >= 0.3 is 0 Å². The first kappa shape index (κ1) is 14.3. The van der Waals surface area contributed by atoms with Crippen molar-refractivity contribution in [3.8, 4) is 0 Å². The first-order valence-corrected chi connectivity index (χ1v) is 7.58. The van der Waals surface area contributed by atoms with Gasteiger partial charge in [-0.15, -0.1) is 0 Å². The van der Waals surface area contributed by atoms with Crippen LogP contribution < -0.4 is 10.6 Å². The van der Waals surface area contributed by atoms with E-state index in [2.05, 4.69) is 34.5 Å². The van der Waals surface area contributed by atoms with Gasteiger partial charge in [-0.1, -0.05) is 0 Å². The molecule has 1 atom stereocenters. The van der Waals surface area contributed by atoms with E-state index >= 15 is 0 Å². The van der Waals surface area contributed by atoms with E-state index in [9.17, 15) is 0 Å². The maximum absolute atomic E-state index is 3.57. The number of piperazine rings is 1. The Kier molecular flexibility index (Phi) is 5.89. The molecule has 0 aromatic heterocycles. The number of nitrogens with zero attached hydrogens (tertiary/aromatic N) is 2. The van der Waals surface area contributed by atoms with E-state index in [1.807, 2.05) is 0 Å². The van der Waals surface area contributed by atoms with Crippen molar-refractivity contribution >= 4 is 0 Å². The van der Waals surface area contributed by atoms with E-state index in [1.54, 1.807) is 0 Å². The predicted octanol–water partition coefficient (Wildman–Crippen LogP) is 0.212. The second kappa shape index (κ2) is 7.43. The van der Waals surface area contributed by atoms with Gasteiger partial charge in [-0.05, 0) is 58.9 Å². The zero-order valence-corrected chi connectivity index (χ0v) is 12.1. The lowest BCUT2D eigenvalue weighted by Crippen LogP contribution is -2.47. The zero-order valence-electron chi connectivity index (χ0n) is 12.1. The number of hydrogen-bond donors (Lipinski definition) is 2. The van der Waals surface area contributed by atoms with Crippen molar-refractivity contribution in [2.45, 2.75) is 25.3 Å². The Balaban J connectivity index is 1.71. The van der Waals surface area contributed by atoms with Gasteiger partial charge in [0, 0.05) is 32.2 Å². The third kappa shape index (κ3) is 4.19. The molecule has 2 aliphatic rings. The van der Waals surface area contributed by atoms with Gasteiger partial charge in [0.1, 0.15) is 0 Å². The smallest absolute Gasteiger partial charge is 0.0107 e. The summed E-state index contributed by atoms with van der Waals surface area (Å²) in [6.07, 6.45) is 4.04. The van der Waals surface area contributed by atoms with Gasteiger partial charge in [0.05, 0.1) is 0 Å². The van der Waals surface area contributed by atoms with Crippen molar-refractivity contribution < 1.29 is 0 Å². The van der Waals surface area contributed by atoms with E-state index < -0.39 is 0 Å². The summed E-state index contributed by atoms with van der Waals surface area (Å²) in [6, 6.07) is 0.716. The molecule has 2 rings (SSSR count). The molecule has 2 saturated heterocycles. The van der Waals surface area contributed by atoms with Crippen LogP contribution >= 0.6 is 0 Å². The summed E-state index contributed by atoms with van der Waals surface area (Å²) >= 11 is 0. The summed E-state index contributed by atoms with van der Waals surface area (Å²) in [5, 5.41) is 6.99. The summed E-state index contributed by atoms with van der Waals surface area (Å²) in [4.78, 5) is 5.06. The van der Waals surface area contributed by atoms with Crippen molar-refractivity contribution in [2.24, 2.45) is 5.92 Å².